The Morgan fingerprint density at radius 3 is 2.33 bits per heavy atom. The molecule has 3 N–H and O–H groups in total. The molecule has 0 bridgehead atoms. The fourth-order valence-electron chi connectivity index (χ4n) is 2.17. The lowest BCUT2D eigenvalue weighted by Crippen LogP contribution is -2.47. The van der Waals surface area contributed by atoms with Gasteiger partial charge in [-0.2, -0.15) is 4.31 Å². The minimum absolute atomic E-state index is 0. The maximum atomic E-state index is 12.6. The van der Waals surface area contributed by atoms with Crippen LogP contribution in [0.25, 0.3) is 0 Å². The van der Waals surface area contributed by atoms with Gasteiger partial charge in [-0.3, -0.25) is 4.79 Å². The fourth-order valence-corrected chi connectivity index (χ4v) is 3.64. The summed E-state index contributed by atoms with van der Waals surface area (Å²) in [6.45, 7) is 3.92. The molecule has 1 atom stereocenters. The molecule has 1 aliphatic rings. The van der Waals surface area contributed by atoms with Crippen molar-refractivity contribution in [1.29, 1.82) is 0 Å². The maximum absolute atomic E-state index is 12.6. The normalized spacial score (nSPS) is 17.3. The molecule has 1 aromatic rings. The zero-order valence-corrected chi connectivity index (χ0v) is 16.1. The van der Waals surface area contributed by atoms with Gasteiger partial charge in [0.1, 0.15) is 0 Å². The number of hydrogen-bond acceptors (Lipinski definition) is 5. The van der Waals surface area contributed by atoms with Gasteiger partial charge in [-0.05, 0) is 32.2 Å². The number of likely N-dealkylation sites (N-methyl/N-ethyl adjacent to an activating group) is 1. The first-order valence-electron chi connectivity index (χ1n) is 7.16. The van der Waals surface area contributed by atoms with E-state index in [0.29, 0.717) is 31.9 Å². The van der Waals surface area contributed by atoms with Crippen molar-refractivity contribution in [1.82, 2.24) is 9.21 Å². The highest BCUT2D eigenvalue weighted by molar-refractivity contribution is 7.89. The highest BCUT2D eigenvalue weighted by atomic mass is 35.5. The minimum atomic E-state index is -3.54. The number of nitrogens with two attached hydrogens (primary N) is 1. The Bertz CT molecular complexity index is 647. The van der Waals surface area contributed by atoms with Crippen LogP contribution in [-0.4, -0.2) is 62.8 Å². The minimum Gasteiger partial charge on any atom is -0.325 e. The van der Waals surface area contributed by atoms with Gasteiger partial charge < -0.3 is 16.0 Å². The van der Waals surface area contributed by atoms with Crippen molar-refractivity contribution in [3.8, 4) is 0 Å². The molecular weight excluding hydrogens is 375 g/mol. The quantitative estimate of drug-likeness (QED) is 0.779. The van der Waals surface area contributed by atoms with Crippen molar-refractivity contribution in [2.45, 2.75) is 17.9 Å². The molecule has 10 heteroatoms. The molecule has 1 heterocycles. The smallest absolute Gasteiger partial charge is 0.243 e. The third-order valence-corrected chi connectivity index (χ3v) is 5.51. The van der Waals surface area contributed by atoms with Crippen molar-refractivity contribution in [2.24, 2.45) is 5.73 Å². The molecule has 7 nitrogen and oxygen atoms in total. The lowest BCUT2D eigenvalue weighted by Gasteiger charge is -2.31. The van der Waals surface area contributed by atoms with E-state index in [9.17, 15) is 13.2 Å². The summed E-state index contributed by atoms with van der Waals surface area (Å²) < 4.78 is 26.7. The summed E-state index contributed by atoms with van der Waals surface area (Å²) >= 11 is 0. The fraction of sp³-hybridized carbons (Fsp3) is 0.500. The first-order valence-corrected chi connectivity index (χ1v) is 8.60. The van der Waals surface area contributed by atoms with E-state index in [1.807, 2.05) is 7.05 Å². The number of amides is 1. The number of nitrogens with zero attached hydrogens (tertiary/aromatic N) is 2. The van der Waals surface area contributed by atoms with Gasteiger partial charge in [0.15, 0.2) is 0 Å². The molecule has 1 unspecified atom stereocenters. The molecule has 138 valence electrons. The van der Waals surface area contributed by atoms with E-state index in [4.69, 9.17) is 5.73 Å². The molecule has 1 aromatic carbocycles. The molecule has 1 aliphatic heterocycles. The van der Waals surface area contributed by atoms with Crippen LogP contribution in [0.15, 0.2) is 29.2 Å². The van der Waals surface area contributed by atoms with E-state index in [2.05, 4.69) is 10.2 Å². The van der Waals surface area contributed by atoms with Crippen LogP contribution in [0.1, 0.15) is 6.92 Å². The SMILES string of the molecule is CC(N)C(=O)Nc1cccc(S(=O)(=O)N2CCN(C)CC2)c1.Cl.Cl. The maximum Gasteiger partial charge on any atom is 0.243 e. The molecule has 24 heavy (non-hydrogen) atoms. The number of halogens is 2. The van der Waals surface area contributed by atoms with E-state index in [1.54, 1.807) is 19.1 Å². The average Bonchev–Trinajstić information content (AvgIpc) is 2.48. The average molecular weight is 399 g/mol. The van der Waals surface area contributed by atoms with Gasteiger partial charge in [0.05, 0.1) is 10.9 Å². The van der Waals surface area contributed by atoms with Crippen molar-refractivity contribution in [3.05, 3.63) is 24.3 Å². The Hall–Kier alpha value is -0.900. The number of hydrogen-bond donors (Lipinski definition) is 2. The Balaban J connectivity index is 0.00000264. The third kappa shape index (κ3) is 5.58. The molecular formula is C14H24Cl2N4O3S. The summed E-state index contributed by atoms with van der Waals surface area (Å²) in [5.74, 6) is -0.353. The molecule has 1 saturated heterocycles. The molecule has 2 rings (SSSR count). The molecule has 0 spiro atoms. The Labute approximate surface area is 155 Å². The number of benzene rings is 1. The molecule has 0 saturated carbocycles. The van der Waals surface area contributed by atoms with Gasteiger partial charge >= 0.3 is 0 Å². The zero-order valence-electron chi connectivity index (χ0n) is 13.6. The first-order chi connectivity index (χ1) is 10.3. The zero-order chi connectivity index (χ0) is 16.3. The first kappa shape index (κ1) is 23.1. The van der Waals surface area contributed by atoms with Crippen LogP contribution in [0.5, 0.6) is 0 Å². The number of sulfonamides is 1. The second-order valence-electron chi connectivity index (χ2n) is 5.51. The number of anilines is 1. The van der Waals surface area contributed by atoms with E-state index in [1.165, 1.54) is 16.4 Å². The lowest BCUT2D eigenvalue weighted by atomic mass is 10.3. The van der Waals surface area contributed by atoms with Crippen molar-refractivity contribution in [3.63, 3.8) is 0 Å². The number of carbonyl (C=O) groups is 1. The molecule has 1 amide bonds. The summed E-state index contributed by atoms with van der Waals surface area (Å²) in [4.78, 5) is 13.9. The second kappa shape index (κ2) is 9.55. The van der Waals surface area contributed by atoms with Crippen molar-refractivity contribution in [2.75, 3.05) is 38.5 Å². The standard InChI is InChI=1S/C14H22N4O3S.2ClH/c1-11(15)14(19)16-12-4-3-5-13(10-12)22(20,21)18-8-6-17(2)7-9-18;;/h3-5,10-11H,6-9,15H2,1-2H3,(H,16,19);2*1H. The van der Waals surface area contributed by atoms with Crippen LogP contribution < -0.4 is 11.1 Å². The van der Waals surface area contributed by atoms with Gasteiger partial charge in [0, 0.05) is 31.9 Å². The topological polar surface area (TPSA) is 95.7 Å². The summed E-state index contributed by atoms with van der Waals surface area (Å²) in [5.41, 5.74) is 5.92. The van der Waals surface area contributed by atoms with Crippen molar-refractivity contribution >= 4 is 46.4 Å². The summed E-state index contributed by atoms with van der Waals surface area (Å²) in [6.07, 6.45) is 0. The Morgan fingerprint density at radius 1 is 1.21 bits per heavy atom. The van der Waals surface area contributed by atoms with Crippen molar-refractivity contribution < 1.29 is 13.2 Å². The molecule has 0 radical (unpaired) electrons. The van der Waals surface area contributed by atoms with E-state index < -0.39 is 16.1 Å². The highest BCUT2D eigenvalue weighted by Crippen LogP contribution is 2.20. The lowest BCUT2D eigenvalue weighted by molar-refractivity contribution is -0.117. The van der Waals surface area contributed by atoms with E-state index in [0.717, 1.165) is 0 Å². The number of carbonyl (C=O) groups excluding carboxylic acids is 1. The second-order valence-corrected chi connectivity index (χ2v) is 7.45. The van der Waals surface area contributed by atoms with Gasteiger partial charge in [0.2, 0.25) is 15.9 Å². The predicted molar refractivity (Wildman–Crippen MR) is 99.5 cm³/mol. The Morgan fingerprint density at radius 2 is 1.79 bits per heavy atom. The van der Waals surface area contributed by atoms with Crippen LogP contribution in [-0.2, 0) is 14.8 Å². The number of piperazine rings is 1. The van der Waals surface area contributed by atoms with Gasteiger partial charge in [-0.1, -0.05) is 6.07 Å². The summed E-state index contributed by atoms with van der Waals surface area (Å²) in [6, 6.07) is 5.60. The molecule has 0 aliphatic carbocycles. The van der Waals surface area contributed by atoms with Crippen LogP contribution >= 0.6 is 24.8 Å². The number of rotatable bonds is 4. The van der Waals surface area contributed by atoms with Crippen LogP contribution in [0, 0.1) is 0 Å². The third-order valence-electron chi connectivity index (χ3n) is 3.62. The van der Waals surface area contributed by atoms with Gasteiger partial charge in [-0.25, -0.2) is 8.42 Å². The highest BCUT2D eigenvalue weighted by Gasteiger charge is 2.27. The van der Waals surface area contributed by atoms with Gasteiger partial charge in [-0.15, -0.1) is 24.8 Å². The monoisotopic (exact) mass is 398 g/mol. The summed E-state index contributed by atoms with van der Waals surface area (Å²) in [5, 5.41) is 2.61. The summed E-state index contributed by atoms with van der Waals surface area (Å²) in [7, 11) is -1.57. The largest absolute Gasteiger partial charge is 0.325 e. The van der Waals surface area contributed by atoms with Crippen LogP contribution in [0.4, 0.5) is 5.69 Å². The predicted octanol–water partition coefficient (Wildman–Crippen LogP) is 0.752. The van der Waals surface area contributed by atoms with E-state index >= 15 is 0 Å². The van der Waals surface area contributed by atoms with E-state index in [-0.39, 0.29) is 35.6 Å². The van der Waals surface area contributed by atoms with Crippen LogP contribution in [0.3, 0.4) is 0 Å². The number of nitrogens with one attached hydrogen (secondary N) is 1. The van der Waals surface area contributed by atoms with Gasteiger partial charge in [0.25, 0.3) is 0 Å². The van der Waals surface area contributed by atoms with Crippen LogP contribution in [0.2, 0.25) is 0 Å². The Kier molecular flexibility index (Phi) is 9.19. The molecule has 0 aromatic heterocycles. The molecule has 1 fully saturated rings.